The minimum absolute atomic E-state index is 0.0254. The minimum Gasteiger partial charge on any atom is -0.396 e. The van der Waals surface area contributed by atoms with Gasteiger partial charge in [-0.1, -0.05) is 0 Å². The van der Waals surface area contributed by atoms with Crippen molar-refractivity contribution in [3.63, 3.8) is 0 Å². The Labute approximate surface area is 105 Å². The van der Waals surface area contributed by atoms with Crippen molar-refractivity contribution in [1.82, 2.24) is 0 Å². The largest absolute Gasteiger partial charge is 0.396 e. The predicted molar refractivity (Wildman–Crippen MR) is 68.6 cm³/mol. The first kappa shape index (κ1) is 13.8. The Morgan fingerprint density at radius 1 is 1.59 bits per heavy atom. The van der Waals surface area contributed by atoms with Crippen molar-refractivity contribution < 1.29 is 9.50 Å². The number of rotatable bonds is 6. The zero-order valence-electron chi connectivity index (χ0n) is 9.61. The third-order valence-electron chi connectivity index (χ3n) is 2.30. The molecule has 0 radical (unpaired) electrons. The second-order valence-corrected chi connectivity index (χ2v) is 4.53. The molecular weight excluding hydrogens is 239 g/mol. The molecule has 1 aromatic rings. The molecule has 0 saturated carbocycles. The summed E-state index contributed by atoms with van der Waals surface area (Å²) < 4.78 is 13.6. The number of aliphatic hydroxyl groups is 1. The lowest BCUT2D eigenvalue weighted by molar-refractivity contribution is 0.282. The van der Waals surface area contributed by atoms with E-state index in [4.69, 9.17) is 10.4 Å². The van der Waals surface area contributed by atoms with Gasteiger partial charge in [0.15, 0.2) is 0 Å². The summed E-state index contributed by atoms with van der Waals surface area (Å²) >= 11 is 1.63. The van der Waals surface area contributed by atoms with E-state index >= 15 is 0 Å². The molecule has 17 heavy (non-hydrogen) atoms. The summed E-state index contributed by atoms with van der Waals surface area (Å²) in [5, 5.41) is 20.6. The lowest BCUT2D eigenvalue weighted by Gasteiger charge is -2.18. The maximum Gasteiger partial charge on any atom is 0.147 e. The monoisotopic (exact) mass is 254 g/mol. The summed E-state index contributed by atoms with van der Waals surface area (Å²) in [5.41, 5.74) is 0.674. The molecule has 0 heterocycles. The van der Waals surface area contributed by atoms with Crippen LogP contribution in [0.1, 0.15) is 12.0 Å². The predicted octanol–water partition coefficient (Wildman–Crippen LogP) is 2.22. The molecule has 0 aliphatic heterocycles. The van der Waals surface area contributed by atoms with Crippen molar-refractivity contribution in [3.8, 4) is 6.07 Å². The van der Waals surface area contributed by atoms with Gasteiger partial charge in [0.05, 0.1) is 17.3 Å². The molecule has 5 heteroatoms. The summed E-state index contributed by atoms with van der Waals surface area (Å²) in [4.78, 5) is 0. The highest BCUT2D eigenvalue weighted by Gasteiger charge is 2.10. The first-order valence-corrected chi connectivity index (χ1v) is 6.66. The van der Waals surface area contributed by atoms with Crippen molar-refractivity contribution in [2.24, 2.45) is 0 Å². The summed E-state index contributed by atoms with van der Waals surface area (Å²) in [7, 11) is 0. The number of nitrogens with zero attached hydrogens (tertiary/aromatic N) is 1. The van der Waals surface area contributed by atoms with Crippen molar-refractivity contribution >= 4 is 17.4 Å². The molecule has 2 N–H and O–H groups in total. The van der Waals surface area contributed by atoms with Gasteiger partial charge in [-0.15, -0.1) is 0 Å². The quantitative estimate of drug-likeness (QED) is 0.817. The van der Waals surface area contributed by atoms with Crippen LogP contribution in [0.5, 0.6) is 0 Å². The van der Waals surface area contributed by atoms with Crippen LogP contribution >= 0.6 is 11.8 Å². The number of thioether (sulfide) groups is 1. The van der Waals surface area contributed by atoms with Gasteiger partial charge in [0.1, 0.15) is 5.82 Å². The second-order valence-electron chi connectivity index (χ2n) is 3.62. The van der Waals surface area contributed by atoms with Crippen molar-refractivity contribution in [3.05, 3.63) is 29.6 Å². The maximum atomic E-state index is 13.6. The van der Waals surface area contributed by atoms with E-state index in [0.717, 1.165) is 5.75 Å². The molecule has 0 aliphatic carbocycles. The Morgan fingerprint density at radius 3 is 2.88 bits per heavy atom. The fourth-order valence-electron chi connectivity index (χ4n) is 1.48. The van der Waals surface area contributed by atoms with E-state index in [1.807, 2.05) is 12.3 Å². The van der Waals surface area contributed by atoms with Crippen LogP contribution in [0.4, 0.5) is 10.1 Å². The van der Waals surface area contributed by atoms with Crippen LogP contribution in [0.25, 0.3) is 0 Å². The highest BCUT2D eigenvalue weighted by molar-refractivity contribution is 7.98. The maximum absolute atomic E-state index is 13.6. The van der Waals surface area contributed by atoms with Gasteiger partial charge >= 0.3 is 0 Å². The number of nitrogens with one attached hydrogen (secondary N) is 1. The standard InChI is InChI=1S/C12H15FN2OS/c1-17-8-10(4-5-16)15-12-3-2-9(7-14)6-11(12)13/h2-3,6,10,15-16H,4-5,8H2,1H3. The van der Waals surface area contributed by atoms with Crippen LogP contribution < -0.4 is 5.32 Å². The van der Waals surface area contributed by atoms with Crippen LogP contribution in [-0.4, -0.2) is 29.8 Å². The average Bonchev–Trinajstić information content (AvgIpc) is 2.32. The summed E-state index contributed by atoms with van der Waals surface area (Å²) in [6, 6.07) is 6.24. The summed E-state index contributed by atoms with van der Waals surface area (Å²) in [6.07, 6.45) is 2.53. The van der Waals surface area contributed by atoms with Crippen LogP contribution in [0.2, 0.25) is 0 Å². The van der Waals surface area contributed by atoms with Gasteiger partial charge < -0.3 is 10.4 Å². The van der Waals surface area contributed by atoms with Gasteiger partial charge in [-0.05, 0) is 30.9 Å². The van der Waals surface area contributed by atoms with E-state index in [-0.39, 0.29) is 12.6 Å². The molecule has 1 rings (SSSR count). The van der Waals surface area contributed by atoms with Gasteiger partial charge in [0.25, 0.3) is 0 Å². The number of aliphatic hydroxyl groups excluding tert-OH is 1. The molecule has 3 nitrogen and oxygen atoms in total. The molecule has 0 aromatic heterocycles. The number of hydrogen-bond acceptors (Lipinski definition) is 4. The Bertz CT molecular complexity index is 400. The van der Waals surface area contributed by atoms with Crippen LogP contribution in [0, 0.1) is 17.1 Å². The molecular formula is C12H15FN2OS. The van der Waals surface area contributed by atoms with Crippen molar-refractivity contribution in [1.29, 1.82) is 5.26 Å². The zero-order valence-corrected chi connectivity index (χ0v) is 10.4. The Balaban J connectivity index is 2.75. The summed E-state index contributed by atoms with van der Waals surface area (Å²) in [6.45, 7) is 0.0656. The Kier molecular flexibility index (Phi) is 5.81. The molecule has 0 aliphatic rings. The van der Waals surface area contributed by atoms with E-state index in [1.165, 1.54) is 6.07 Å². The van der Waals surface area contributed by atoms with E-state index in [2.05, 4.69) is 5.32 Å². The van der Waals surface area contributed by atoms with Crippen molar-refractivity contribution in [2.45, 2.75) is 12.5 Å². The lowest BCUT2D eigenvalue weighted by Crippen LogP contribution is -2.24. The molecule has 1 unspecified atom stereocenters. The van der Waals surface area contributed by atoms with Crippen LogP contribution in [0.15, 0.2) is 18.2 Å². The smallest absolute Gasteiger partial charge is 0.147 e. The van der Waals surface area contributed by atoms with Gasteiger partial charge in [0, 0.05) is 18.4 Å². The van der Waals surface area contributed by atoms with E-state index in [9.17, 15) is 4.39 Å². The molecule has 0 spiro atoms. The van der Waals surface area contributed by atoms with Crippen LogP contribution in [0.3, 0.4) is 0 Å². The number of hydrogen-bond donors (Lipinski definition) is 2. The first-order chi connectivity index (χ1) is 8.21. The highest BCUT2D eigenvalue weighted by Crippen LogP contribution is 2.18. The van der Waals surface area contributed by atoms with Gasteiger partial charge in [-0.25, -0.2) is 4.39 Å². The SMILES string of the molecule is CSCC(CCO)Nc1ccc(C#N)cc1F. The van der Waals surface area contributed by atoms with E-state index in [0.29, 0.717) is 17.7 Å². The Morgan fingerprint density at radius 2 is 2.35 bits per heavy atom. The second kappa shape index (κ2) is 7.15. The van der Waals surface area contributed by atoms with Crippen molar-refractivity contribution in [2.75, 3.05) is 23.9 Å². The fraction of sp³-hybridized carbons (Fsp3) is 0.417. The first-order valence-electron chi connectivity index (χ1n) is 5.27. The molecule has 1 aromatic carbocycles. The molecule has 1 atom stereocenters. The molecule has 0 bridgehead atoms. The molecule has 0 fully saturated rings. The number of nitriles is 1. The summed E-state index contributed by atoms with van der Waals surface area (Å²) in [5.74, 6) is 0.355. The lowest BCUT2D eigenvalue weighted by atomic mass is 10.2. The topological polar surface area (TPSA) is 56.0 Å². The fourth-order valence-corrected chi connectivity index (χ4v) is 2.13. The van der Waals surface area contributed by atoms with E-state index < -0.39 is 5.82 Å². The number of halogens is 1. The third kappa shape index (κ3) is 4.25. The van der Waals surface area contributed by atoms with Gasteiger partial charge in [0.2, 0.25) is 0 Å². The van der Waals surface area contributed by atoms with Gasteiger partial charge in [-0.3, -0.25) is 0 Å². The minimum atomic E-state index is -0.437. The average molecular weight is 254 g/mol. The highest BCUT2D eigenvalue weighted by atomic mass is 32.2. The van der Waals surface area contributed by atoms with E-state index in [1.54, 1.807) is 23.9 Å². The molecule has 92 valence electrons. The number of anilines is 1. The zero-order chi connectivity index (χ0) is 12.7. The number of benzene rings is 1. The van der Waals surface area contributed by atoms with Gasteiger partial charge in [-0.2, -0.15) is 17.0 Å². The molecule has 0 saturated heterocycles. The molecule has 0 amide bonds. The van der Waals surface area contributed by atoms with Crippen LogP contribution in [-0.2, 0) is 0 Å². The third-order valence-corrected chi connectivity index (χ3v) is 3.04. The normalized spacial score (nSPS) is 11.9. The Hall–Kier alpha value is -1.25.